The van der Waals surface area contributed by atoms with Gasteiger partial charge in [-0.05, 0) is 43.7 Å². The number of aliphatic hydroxyl groups is 2. The van der Waals surface area contributed by atoms with Gasteiger partial charge in [0.25, 0.3) is 0 Å². The first kappa shape index (κ1) is 29.7. The molecule has 1 aromatic heterocycles. The number of benzene rings is 2. The van der Waals surface area contributed by atoms with Gasteiger partial charge in [-0.1, -0.05) is 21.6 Å². The third-order valence-electron chi connectivity index (χ3n) is 7.91. The van der Waals surface area contributed by atoms with Gasteiger partial charge in [-0.25, -0.2) is 0 Å². The Labute approximate surface area is 254 Å². The van der Waals surface area contributed by atoms with E-state index in [0.29, 0.717) is 11.3 Å². The first-order valence-electron chi connectivity index (χ1n) is 13.6. The van der Waals surface area contributed by atoms with Gasteiger partial charge in [0, 0.05) is 58.8 Å². The molecule has 0 spiro atoms. The summed E-state index contributed by atoms with van der Waals surface area (Å²) in [6.07, 6.45) is -2.19. The molecular weight excluding hydrogens is 598 g/mol. The number of phenols is 1. The van der Waals surface area contributed by atoms with Crippen LogP contribution in [0, 0.1) is 6.92 Å². The van der Waals surface area contributed by atoms with E-state index in [1.54, 1.807) is 26.2 Å². The minimum atomic E-state index is -1.34. The number of aliphatic hydroxyl groups excluding tert-OH is 2. The maximum Gasteiger partial charge on any atom is 0.308 e. The lowest BCUT2D eigenvalue weighted by Gasteiger charge is -2.41. The number of hydrogen-bond donors (Lipinski definition) is 4. The molecule has 2 aromatic carbocycles. The van der Waals surface area contributed by atoms with Gasteiger partial charge in [0.15, 0.2) is 11.6 Å². The first-order valence-corrected chi connectivity index (χ1v) is 16.1. The molecule has 0 bridgehead atoms. The van der Waals surface area contributed by atoms with Gasteiger partial charge in [0.05, 0.1) is 11.7 Å². The molecule has 43 heavy (non-hydrogen) atoms. The summed E-state index contributed by atoms with van der Waals surface area (Å²) >= 11 is 0. The zero-order valence-corrected chi connectivity index (χ0v) is 25.0. The van der Waals surface area contributed by atoms with Crippen LogP contribution in [0.3, 0.4) is 0 Å². The van der Waals surface area contributed by atoms with Gasteiger partial charge in [0.1, 0.15) is 41.5 Å². The van der Waals surface area contributed by atoms with Gasteiger partial charge >= 0.3 is 5.97 Å². The Bertz CT molecular complexity index is 1610. The van der Waals surface area contributed by atoms with Crippen LogP contribution in [0.25, 0.3) is 0 Å². The highest BCUT2D eigenvalue weighted by Crippen LogP contribution is 2.50. The van der Waals surface area contributed by atoms with Crippen molar-refractivity contribution >= 4 is 39.1 Å². The van der Waals surface area contributed by atoms with E-state index < -0.39 is 59.9 Å². The fourth-order valence-electron chi connectivity index (χ4n) is 5.76. The molecule has 0 unspecified atom stereocenters. The quantitative estimate of drug-likeness (QED) is 0.146. The Balaban J connectivity index is 1.60. The second-order valence-electron chi connectivity index (χ2n) is 10.6. The number of carbonyl (C=O) groups excluding carboxylic acids is 3. The summed E-state index contributed by atoms with van der Waals surface area (Å²) in [6, 6.07) is 6.03. The predicted octanol–water partition coefficient (Wildman–Crippen LogP) is 3.44. The maximum absolute atomic E-state index is 14.4. The topological polar surface area (TPSA) is 165 Å². The number of nitrogens with one attached hydrogen (secondary N) is 1. The standard InChI is InChI=1S/C30H29NO10S2/c1-12-23(33)22-21(26(36)18-8-16(40-14(3)32)4-5-17(18)25(22)35)20-19(15-6-7-31-9-15)10-42-43-11-38-29-27(37)24(34)13(2)39-30(29)41-28(12)20/h4-9,13,19,24,27,29-31,33-34,37H,10-11H2,1-3H3/t13-,19-,24+,27+,29+,30+/m0/s1. The molecule has 13 heteroatoms. The fraction of sp³-hybridized carbons (Fsp3) is 0.367. The Morgan fingerprint density at radius 1 is 1.07 bits per heavy atom. The number of aromatic hydroxyl groups is 1. The molecule has 1 aliphatic carbocycles. The van der Waals surface area contributed by atoms with Crippen molar-refractivity contribution in [3.05, 3.63) is 75.6 Å². The fourth-order valence-corrected chi connectivity index (χ4v) is 7.70. The minimum absolute atomic E-state index is 0.0214. The second kappa shape index (κ2) is 11.6. The molecule has 0 saturated carbocycles. The van der Waals surface area contributed by atoms with Crippen LogP contribution in [0.2, 0.25) is 0 Å². The van der Waals surface area contributed by atoms with Gasteiger partial charge in [0.2, 0.25) is 6.29 Å². The SMILES string of the molecule is CC(=O)Oc1ccc2c(c1)C(=O)c1c(c(O)c(C)c3c1[C@H](c1cc[nH]c1)CSSCO[C@H]1[C@@H](O3)O[C@@H](C)[C@@H](O)[C@H]1O)C2=O. The summed E-state index contributed by atoms with van der Waals surface area (Å²) in [5.74, 6) is -1.87. The lowest BCUT2D eigenvalue weighted by Crippen LogP contribution is -2.59. The van der Waals surface area contributed by atoms with Crippen molar-refractivity contribution in [1.82, 2.24) is 4.98 Å². The van der Waals surface area contributed by atoms with Gasteiger partial charge in [-0.15, -0.1) is 0 Å². The van der Waals surface area contributed by atoms with Gasteiger partial charge < -0.3 is 39.3 Å². The molecule has 3 heterocycles. The number of esters is 1. The summed E-state index contributed by atoms with van der Waals surface area (Å²) in [5.41, 5.74) is 1.27. The van der Waals surface area contributed by atoms with Crippen molar-refractivity contribution in [2.75, 3.05) is 11.7 Å². The summed E-state index contributed by atoms with van der Waals surface area (Å²) in [5, 5.41) is 32.9. The molecule has 1 fully saturated rings. The third-order valence-corrected chi connectivity index (χ3v) is 9.98. The Morgan fingerprint density at radius 2 is 1.84 bits per heavy atom. The molecule has 11 nitrogen and oxygen atoms in total. The predicted molar refractivity (Wildman–Crippen MR) is 157 cm³/mol. The normalized spacial score (nSPS) is 27.1. The summed E-state index contributed by atoms with van der Waals surface area (Å²) in [4.78, 5) is 43.0. The summed E-state index contributed by atoms with van der Waals surface area (Å²) in [6.45, 7) is 4.40. The van der Waals surface area contributed by atoms with Gasteiger partial charge in [-0.2, -0.15) is 0 Å². The molecule has 0 radical (unpaired) electrons. The molecule has 6 atom stereocenters. The van der Waals surface area contributed by atoms with E-state index in [9.17, 15) is 29.7 Å². The highest BCUT2D eigenvalue weighted by Gasteiger charge is 2.47. The molecule has 2 aliphatic heterocycles. The molecule has 0 amide bonds. The third kappa shape index (κ3) is 5.13. The van der Waals surface area contributed by atoms with Crippen LogP contribution < -0.4 is 9.47 Å². The number of ketones is 2. The minimum Gasteiger partial charge on any atom is -0.507 e. The number of hydrogen-bond acceptors (Lipinski definition) is 12. The molecule has 1 saturated heterocycles. The summed E-state index contributed by atoms with van der Waals surface area (Å²) < 4.78 is 23.5. The smallest absolute Gasteiger partial charge is 0.308 e. The van der Waals surface area contributed by atoms with E-state index in [0.717, 1.165) is 5.56 Å². The van der Waals surface area contributed by atoms with Crippen molar-refractivity contribution in [3.63, 3.8) is 0 Å². The highest BCUT2D eigenvalue weighted by molar-refractivity contribution is 8.76. The number of carbonyl (C=O) groups is 3. The molecule has 3 aliphatic rings. The molecule has 226 valence electrons. The molecule has 3 aromatic rings. The van der Waals surface area contributed by atoms with Crippen LogP contribution in [-0.4, -0.2) is 80.2 Å². The number of rotatable bonds is 2. The highest BCUT2D eigenvalue weighted by atomic mass is 33.1. The first-order chi connectivity index (χ1) is 20.6. The van der Waals surface area contributed by atoms with Crippen molar-refractivity contribution < 1.29 is 48.7 Å². The molecule has 4 N–H and O–H groups in total. The largest absolute Gasteiger partial charge is 0.507 e. The van der Waals surface area contributed by atoms with Crippen LogP contribution in [-0.2, 0) is 14.3 Å². The number of fused-ring (bicyclic) bond motifs is 5. The van der Waals surface area contributed by atoms with E-state index in [4.69, 9.17) is 18.9 Å². The van der Waals surface area contributed by atoms with Gasteiger partial charge in [-0.3, -0.25) is 14.4 Å². The maximum atomic E-state index is 14.4. The number of aromatic nitrogens is 1. The van der Waals surface area contributed by atoms with Crippen LogP contribution in [0.5, 0.6) is 17.2 Å². The summed E-state index contributed by atoms with van der Waals surface area (Å²) in [7, 11) is 2.82. The van der Waals surface area contributed by atoms with Crippen molar-refractivity contribution in [1.29, 1.82) is 0 Å². The average molecular weight is 628 g/mol. The Morgan fingerprint density at radius 3 is 2.56 bits per heavy atom. The van der Waals surface area contributed by atoms with Crippen molar-refractivity contribution in [2.24, 2.45) is 0 Å². The zero-order chi connectivity index (χ0) is 30.6. The lowest BCUT2D eigenvalue weighted by molar-refractivity contribution is -0.275. The number of ether oxygens (including phenoxy) is 4. The monoisotopic (exact) mass is 627 g/mol. The molecular formula is C30H29NO10S2. The van der Waals surface area contributed by atoms with Crippen LogP contribution >= 0.6 is 21.6 Å². The Kier molecular flexibility index (Phi) is 8.05. The zero-order valence-electron chi connectivity index (χ0n) is 23.4. The molecule has 6 rings (SSSR count). The van der Waals surface area contributed by atoms with E-state index in [2.05, 4.69) is 4.98 Å². The van der Waals surface area contributed by atoms with Crippen LogP contribution in [0.1, 0.15) is 68.3 Å². The van der Waals surface area contributed by atoms with Crippen molar-refractivity contribution in [2.45, 2.75) is 57.4 Å². The lowest BCUT2D eigenvalue weighted by atomic mass is 9.76. The van der Waals surface area contributed by atoms with Crippen molar-refractivity contribution in [3.8, 4) is 17.2 Å². The van der Waals surface area contributed by atoms with Crippen LogP contribution in [0.4, 0.5) is 0 Å². The van der Waals surface area contributed by atoms with E-state index in [-0.39, 0.29) is 45.3 Å². The average Bonchev–Trinajstić information content (AvgIpc) is 3.50. The number of aromatic amines is 1. The second-order valence-corrected chi connectivity index (χ2v) is 13.0. The van der Waals surface area contributed by atoms with E-state index >= 15 is 0 Å². The number of phenolic OH excluding ortho intramolecular Hbond substituents is 1. The van der Waals surface area contributed by atoms with E-state index in [1.807, 2.05) is 6.07 Å². The van der Waals surface area contributed by atoms with E-state index in [1.165, 1.54) is 46.7 Å². The van der Waals surface area contributed by atoms with Crippen LogP contribution in [0.15, 0.2) is 36.7 Å². The number of H-pyrrole nitrogens is 1. The Hall–Kier alpha value is -3.33.